The average Bonchev–Trinajstić information content (AvgIpc) is 2.73. The Balaban J connectivity index is 2.27. The van der Waals surface area contributed by atoms with E-state index in [4.69, 9.17) is 11.5 Å². The molecule has 1 aliphatic rings. The van der Waals surface area contributed by atoms with E-state index < -0.39 is 48.2 Å². The fourth-order valence-electron chi connectivity index (χ4n) is 3.12. The minimum Gasteiger partial charge on any atom is -0.481 e. The number of carbonyl (C=O) groups is 5. The van der Waals surface area contributed by atoms with E-state index in [2.05, 4.69) is 4.99 Å². The average molecular weight is 433 g/mol. The van der Waals surface area contributed by atoms with Crippen LogP contribution in [0.4, 0.5) is 0 Å². The van der Waals surface area contributed by atoms with E-state index in [0.717, 1.165) is 9.80 Å². The van der Waals surface area contributed by atoms with Crippen molar-refractivity contribution in [1.29, 1.82) is 0 Å². The Morgan fingerprint density at radius 1 is 1.13 bits per heavy atom. The monoisotopic (exact) mass is 433 g/mol. The molecule has 6 N–H and O–H groups in total. The predicted octanol–water partition coefficient (Wildman–Crippen LogP) is -1.52. The topological polar surface area (TPSA) is 197 Å². The molecule has 0 aromatic heterocycles. The molecule has 1 saturated heterocycles. The van der Waals surface area contributed by atoms with Crippen LogP contribution in [0.5, 0.6) is 0 Å². The number of rotatable bonds is 7. The van der Waals surface area contributed by atoms with Gasteiger partial charge < -0.3 is 31.5 Å². The van der Waals surface area contributed by atoms with Gasteiger partial charge >= 0.3 is 11.9 Å². The van der Waals surface area contributed by atoms with E-state index >= 15 is 0 Å². The number of nitrogens with two attached hydrogens (primary N) is 2. The molecule has 0 unspecified atom stereocenters. The van der Waals surface area contributed by atoms with Gasteiger partial charge in [-0.3, -0.25) is 19.2 Å². The molecule has 0 bridgehead atoms. The zero-order valence-corrected chi connectivity index (χ0v) is 16.7. The van der Waals surface area contributed by atoms with Gasteiger partial charge in [0.2, 0.25) is 5.91 Å². The first-order chi connectivity index (χ1) is 14.6. The third kappa shape index (κ3) is 5.42. The lowest BCUT2D eigenvalue weighted by atomic mass is 10.0. The molecule has 1 heterocycles. The first-order valence-corrected chi connectivity index (χ1v) is 9.30. The van der Waals surface area contributed by atoms with Crippen LogP contribution in [0.3, 0.4) is 0 Å². The molecule has 166 valence electrons. The van der Waals surface area contributed by atoms with Crippen molar-refractivity contribution in [2.45, 2.75) is 25.4 Å². The van der Waals surface area contributed by atoms with Crippen LogP contribution in [-0.4, -0.2) is 87.2 Å². The highest BCUT2D eigenvalue weighted by Gasteiger charge is 2.41. The van der Waals surface area contributed by atoms with E-state index in [9.17, 15) is 34.2 Å². The van der Waals surface area contributed by atoms with Crippen molar-refractivity contribution in [3.05, 3.63) is 35.4 Å². The number of piperazine rings is 1. The third-order valence-electron chi connectivity index (χ3n) is 4.83. The highest BCUT2D eigenvalue weighted by Crippen LogP contribution is 2.20. The van der Waals surface area contributed by atoms with Gasteiger partial charge in [0, 0.05) is 24.2 Å². The molecule has 0 aliphatic carbocycles. The Hall–Kier alpha value is -3.80. The number of aliphatic carboxylic acids is 2. The van der Waals surface area contributed by atoms with E-state index in [1.165, 1.54) is 31.2 Å². The number of carboxylic acid groups (broad SMARTS) is 2. The lowest BCUT2D eigenvalue weighted by Crippen LogP contribution is -2.62. The second kappa shape index (κ2) is 9.80. The molecular weight excluding hydrogens is 410 g/mol. The van der Waals surface area contributed by atoms with Crippen LogP contribution in [0, 0.1) is 0 Å². The number of amidine groups is 1. The van der Waals surface area contributed by atoms with Crippen molar-refractivity contribution >= 4 is 35.5 Å². The van der Waals surface area contributed by atoms with E-state index in [0.29, 0.717) is 5.56 Å². The minimum absolute atomic E-state index is 0.0313. The van der Waals surface area contributed by atoms with Gasteiger partial charge in [-0.25, -0.2) is 4.79 Å². The molecule has 0 radical (unpaired) electrons. The van der Waals surface area contributed by atoms with Crippen LogP contribution in [0.15, 0.2) is 29.3 Å². The zero-order valence-electron chi connectivity index (χ0n) is 16.7. The number of hydrogen-bond acceptors (Lipinski definition) is 6. The Bertz CT molecular complexity index is 928. The molecule has 31 heavy (non-hydrogen) atoms. The second-order valence-electron chi connectivity index (χ2n) is 6.83. The summed E-state index contributed by atoms with van der Waals surface area (Å²) in [5, 5.41) is 18.4. The fraction of sp³-hybridized carbons (Fsp3) is 0.368. The molecule has 12 heteroatoms. The molecule has 1 aromatic rings. The highest BCUT2D eigenvalue weighted by molar-refractivity contribution is 6.05. The molecule has 2 atom stereocenters. The van der Waals surface area contributed by atoms with Crippen LogP contribution in [-0.2, 0) is 19.2 Å². The molecule has 1 fully saturated rings. The number of hydrogen-bond donors (Lipinski definition) is 4. The number of nitrogens with zero attached hydrogens (tertiary/aromatic N) is 3. The summed E-state index contributed by atoms with van der Waals surface area (Å²) < 4.78 is 0. The molecule has 1 aromatic carbocycles. The van der Waals surface area contributed by atoms with Crippen molar-refractivity contribution < 1.29 is 34.2 Å². The van der Waals surface area contributed by atoms with Gasteiger partial charge in [0.15, 0.2) is 0 Å². The van der Waals surface area contributed by atoms with Gasteiger partial charge in [0.1, 0.15) is 17.9 Å². The van der Waals surface area contributed by atoms with Gasteiger partial charge in [-0.05, 0) is 19.1 Å². The SMILES string of the molecule is C[C@@H](C(=O)O)N1CCN(C(=O)c2ccc(C(N)=NC(=O)CN)cc2)[C@@H](CC(=O)O)C1=O. The number of benzene rings is 1. The molecule has 1 aliphatic heterocycles. The summed E-state index contributed by atoms with van der Waals surface area (Å²) in [5.74, 6) is -4.56. The summed E-state index contributed by atoms with van der Waals surface area (Å²) in [4.78, 5) is 65.3. The number of carboxylic acids is 2. The first kappa shape index (κ1) is 23.5. The lowest BCUT2D eigenvalue weighted by molar-refractivity contribution is -0.156. The Kier molecular flexibility index (Phi) is 7.42. The molecular formula is C19H23N5O7. The maximum atomic E-state index is 13.0. The molecule has 2 rings (SSSR count). The fourth-order valence-corrected chi connectivity index (χ4v) is 3.12. The number of carbonyl (C=O) groups excluding carboxylic acids is 3. The summed E-state index contributed by atoms with van der Waals surface area (Å²) >= 11 is 0. The first-order valence-electron chi connectivity index (χ1n) is 9.30. The molecule has 0 saturated carbocycles. The van der Waals surface area contributed by atoms with Crippen molar-refractivity contribution in [3.8, 4) is 0 Å². The summed E-state index contributed by atoms with van der Waals surface area (Å²) in [5.41, 5.74) is 11.4. The van der Waals surface area contributed by atoms with Crippen molar-refractivity contribution in [3.63, 3.8) is 0 Å². The highest BCUT2D eigenvalue weighted by atomic mass is 16.4. The Morgan fingerprint density at radius 2 is 1.71 bits per heavy atom. The van der Waals surface area contributed by atoms with Crippen molar-refractivity contribution in [2.75, 3.05) is 19.6 Å². The standard InChI is InChI=1S/C19H23N5O7/c1-10(19(30)31)23-6-7-24(13(18(23)29)8-15(26)27)17(28)12-4-2-11(3-5-12)16(21)22-14(25)9-20/h2-5,10,13H,6-9,20H2,1H3,(H,26,27)(H,30,31)(H2,21,22,25)/t10-,13-/m0/s1. The van der Waals surface area contributed by atoms with Crippen LogP contribution < -0.4 is 11.5 Å². The Labute approximate surface area is 177 Å². The van der Waals surface area contributed by atoms with Crippen molar-refractivity contribution in [1.82, 2.24) is 9.80 Å². The van der Waals surface area contributed by atoms with Crippen LogP contribution in [0.2, 0.25) is 0 Å². The molecule has 12 nitrogen and oxygen atoms in total. The number of aliphatic imine (C=N–C) groups is 1. The lowest BCUT2D eigenvalue weighted by Gasteiger charge is -2.41. The zero-order chi connectivity index (χ0) is 23.3. The largest absolute Gasteiger partial charge is 0.481 e. The summed E-state index contributed by atoms with van der Waals surface area (Å²) in [7, 11) is 0. The van der Waals surface area contributed by atoms with Gasteiger partial charge in [0.25, 0.3) is 11.8 Å². The van der Waals surface area contributed by atoms with Crippen molar-refractivity contribution in [2.24, 2.45) is 16.5 Å². The molecule has 3 amide bonds. The van der Waals surface area contributed by atoms with Gasteiger partial charge in [-0.1, -0.05) is 12.1 Å². The molecule has 0 spiro atoms. The number of amides is 3. The third-order valence-corrected chi connectivity index (χ3v) is 4.83. The van der Waals surface area contributed by atoms with Gasteiger partial charge in [-0.2, -0.15) is 4.99 Å². The normalized spacial score (nSPS) is 17.9. The maximum absolute atomic E-state index is 13.0. The quantitative estimate of drug-likeness (QED) is 0.291. The minimum atomic E-state index is -1.34. The summed E-state index contributed by atoms with van der Waals surface area (Å²) in [6.07, 6.45) is -0.660. The van der Waals surface area contributed by atoms with Crippen LogP contribution in [0.25, 0.3) is 0 Å². The van der Waals surface area contributed by atoms with E-state index in [1.54, 1.807) is 0 Å². The van der Waals surface area contributed by atoms with Crippen LogP contribution >= 0.6 is 0 Å². The predicted molar refractivity (Wildman–Crippen MR) is 107 cm³/mol. The Morgan fingerprint density at radius 3 is 2.23 bits per heavy atom. The van der Waals surface area contributed by atoms with Crippen LogP contribution in [0.1, 0.15) is 29.3 Å². The second-order valence-corrected chi connectivity index (χ2v) is 6.83. The maximum Gasteiger partial charge on any atom is 0.326 e. The smallest absolute Gasteiger partial charge is 0.326 e. The van der Waals surface area contributed by atoms with E-state index in [1.807, 2.05) is 0 Å². The summed E-state index contributed by atoms with van der Waals surface area (Å²) in [6, 6.07) is 3.22. The van der Waals surface area contributed by atoms with E-state index in [-0.39, 0.29) is 31.0 Å². The van der Waals surface area contributed by atoms with Gasteiger partial charge in [0.05, 0.1) is 13.0 Å². The summed E-state index contributed by atoms with van der Waals surface area (Å²) in [6.45, 7) is 0.932. The van der Waals surface area contributed by atoms with Gasteiger partial charge in [-0.15, -0.1) is 0 Å².